The molecule has 0 spiro atoms. The molecule has 6 atom stereocenters. The van der Waals surface area contributed by atoms with Crippen LogP contribution in [0.25, 0.3) is 0 Å². The number of amides is 1. The van der Waals surface area contributed by atoms with Crippen LogP contribution in [0.5, 0.6) is 0 Å². The van der Waals surface area contributed by atoms with Crippen LogP contribution in [0.3, 0.4) is 0 Å². The molecule has 0 aromatic heterocycles. The van der Waals surface area contributed by atoms with Crippen LogP contribution in [0.4, 0.5) is 0 Å². The Kier molecular flexibility index (Phi) is 2.13. The molecule has 2 nitrogen and oxygen atoms in total. The summed E-state index contributed by atoms with van der Waals surface area (Å²) in [5.41, 5.74) is 0. The second kappa shape index (κ2) is 3.36. The van der Waals surface area contributed by atoms with Crippen molar-refractivity contribution in [1.82, 2.24) is 3.11 Å². The second-order valence-electron chi connectivity index (χ2n) is 6.24. The number of carbonyl (C=O) groups is 1. The Morgan fingerprint density at radius 2 is 1.69 bits per heavy atom. The third-order valence-electron chi connectivity index (χ3n) is 5.86. The number of hydrogen-bond donors (Lipinski definition) is 0. The van der Waals surface area contributed by atoms with Crippen LogP contribution in [0.2, 0.25) is 0 Å². The zero-order valence-electron chi connectivity index (χ0n) is 9.44. The average molecular weight is 331 g/mol. The summed E-state index contributed by atoms with van der Waals surface area (Å²) in [5.74, 6) is 4.88. The molecule has 6 unspecified atom stereocenters. The van der Waals surface area contributed by atoms with Gasteiger partial charge in [-0.05, 0) is 48.9 Å². The van der Waals surface area contributed by atoms with Gasteiger partial charge in [-0.2, -0.15) is 0 Å². The minimum Gasteiger partial charge on any atom is -0.281 e. The van der Waals surface area contributed by atoms with Crippen molar-refractivity contribution in [3.63, 3.8) is 0 Å². The van der Waals surface area contributed by atoms with E-state index in [4.69, 9.17) is 0 Å². The normalized spacial score (nSPS) is 54.3. The van der Waals surface area contributed by atoms with Crippen molar-refractivity contribution in [2.24, 2.45) is 29.6 Å². The predicted octanol–water partition coefficient (Wildman–Crippen LogP) is 3.01. The molecule has 1 aliphatic heterocycles. The molecule has 3 aliphatic carbocycles. The Balaban J connectivity index is 1.69. The van der Waals surface area contributed by atoms with Crippen LogP contribution in [-0.4, -0.2) is 15.1 Å². The van der Waals surface area contributed by atoms with E-state index in [-0.39, 0.29) is 0 Å². The maximum absolute atomic E-state index is 11.8. The molecule has 3 heteroatoms. The zero-order chi connectivity index (χ0) is 10.9. The number of rotatable bonds is 0. The van der Waals surface area contributed by atoms with Crippen molar-refractivity contribution < 1.29 is 4.79 Å². The average Bonchev–Trinajstić information content (AvgIpc) is 2.91. The van der Waals surface area contributed by atoms with Gasteiger partial charge in [-0.25, -0.2) is 0 Å². The molecule has 0 aromatic rings. The monoisotopic (exact) mass is 331 g/mol. The summed E-state index contributed by atoms with van der Waals surface area (Å²) in [6.45, 7) is 0. The lowest BCUT2D eigenvalue weighted by Gasteiger charge is -2.41. The van der Waals surface area contributed by atoms with E-state index in [1.54, 1.807) is 0 Å². The summed E-state index contributed by atoms with van der Waals surface area (Å²) in [6.07, 6.45) is 8.11. The second-order valence-corrected chi connectivity index (χ2v) is 7.28. The van der Waals surface area contributed by atoms with Crippen molar-refractivity contribution in [2.75, 3.05) is 0 Å². The van der Waals surface area contributed by atoms with E-state index in [2.05, 4.69) is 26.0 Å². The first-order chi connectivity index (χ1) is 7.77. The highest BCUT2D eigenvalue weighted by Gasteiger charge is 2.62. The molecule has 0 N–H and O–H groups in total. The highest BCUT2D eigenvalue weighted by Crippen LogP contribution is 2.63. The molecule has 88 valence electrons. The maximum Gasteiger partial charge on any atom is 0.231 e. The molecule has 1 heterocycles. The van der Waals surface area contributed by atoms with Crippen molar-refractivity contribution in [1.29, 1.82) is 0 Å². The van der Waals surface area contributed by atoms with Gasteiger partial charge >= 0.3 is 0 Å². The van der Waals surface area contributed by atoms with Crippen molar-refractivity contribution in [3.05, 3.63) is 0 Å². The van der Waals surface area contributed by atoms with Crippen molar-refractivity contribution in [3.8, 4) is 0 Å². The Bertz CT molecular complexity index is 345. The summed E-state index contributed by atoms with van der Waals surface area (Å²) < 4.78 is 2.07. The fourth-order valence-electron chi connectivity index (χ4n) is 5.43. The summed E-state index contributed by atoms with van der Waals surface area (Å²) in [5, 5.41) is 0. The van der Waals surface area contributed by atoms with Crippen LogP contribution in [0, 0.1) is 29.6 Å². The fraction of sp³-hybridized carbons (Fsp3) is 0.923. The van der Waals surface area contributed by atoms with Gasteiger partial charge in [-0.1, -0.05) is 12.8 Å². The van der Waals surface area contributed by atoms with E-state index in [1.165, 1.54) is 32.1 Å². The van der Waals surface area contributed by atoms with Gasteiger partial charge in [-0.3, -0.25) is 7.91 Å². The Labute approximate surface area is 111 Å². The summed E-state index contributed by atoms with van der Waals surface area (Å²) in [7, 11) is 0. The third-order valence-corrected chi connectivity index (χ3v) is 7.04. The Morgan fingerprint density at radius 3 is 2.44 bits per heavy atom. The van der Waals surface area contributed by atoms with Crippen LogP contribution in [-0.2, 0) is 4.79 Å². The standard InChI is InChI=1S/C13H18INO/c14-15-12(16)6-11-9-5-10(13(11)15)8-4-2-1-3-7(8)9/h7-11,13H,1-6H2. The quantitative estimate of drug-likeness (QED) is 0.494. The van der Waals surface area contributed by atoms with E-state index in [0.29, 0.717) is 11.9 Å². The molecule has 16 heavy (non-hydrogen) atoms. The first-order valence-corrected chi connectivity index (χ1v) is 7.71. The molecule has 4 fully saturated rings. The molecular weight excluding hydrogens is 313 g/mol. The Morgan fingerprint density at radius 1 is 1.00 bits per heavy atom. The van der Waals surface area contributed by atoms with Gasteiger partial charge in [-0.15, -0.1) is 0 Å². The molecule has 1 saturated heterocycles. The molecule has 2 bridgehead atoms. The molecular formula is C13H18INO. The van der Waals surface area contributed by atoms with Gasteiger partial charge in [0.15, 0.2) is 0 Å². The number of carbonyl (C=O) groups excluding carboxylic acids is 1. The highest BCUT2D eigenvalue weighted by molar-refractivity contribution is 14.1. The number of nitrogens with zero attached hydrogens (tertiary/aromatic N) is 1. The predicted molar refractivity (Wildman–Crippen MR) is 69.8 cm³/mol. The van der Waals surface area contributed by atoms with Crippen molar-refractivity contribution in [2.45, 2.75) is 44.6 Å². The van der Waals surface area contributed by atoms with Gasteiger partial charge < -0.3 is 0 Å². The summed E-state index contributed by atoms with van der Waals surface area (Å²) >= 11 is 2.28. The number of halogens is 1. The topological polar surface area (TPSA) is 20.3 Å². The first kappa shape index (κ1) is 10.2. The fourth-order valence-corrected chi connectivity index (χ4v) is 6.46. The van der Waals surface area contributed by atoms with E-state index in [0.717, 1.165) is 36.0 Å². The van der Waals surface area contributed by atoms with E-state index >= 15 is 0 Å². The minimum atomic E-state index is 0.406. The van der Waals surface area contributed by atoms with E-state index in [9.17, 15) is 4.79 Å². The Hall–Kier alpha value is 0.200. The molecule has 0 aromatic carbocycles. The van der Waals surface area contributed by atoms with Gasteiger partial charge in [0.25, 0.3) is 0 Å². The largest absolute Gasteiger partial charge is 0.281 e. The first-order valence-electron chi connectivity index (χ1n) is 6.75. The number of fused-ring (bicyclic) bond motifs is 8. The zero-order valence-corrected chi connectivity index (χ0v) is 11.6. The van der Waals surface area contributed by atoms with E-state index < -0.39 is 0 Å². The van der Waals surface area contributed by atoms with Gasteiger partial charge in [0.1, 0.15) is 0 Å². The minimum absolute atomic E-state index is 0.406. The van der Waals surface area contributed by atoms with Gasteiger partial charge in [0.05, 0.1) is 22.9 Å². The third kappa shape index (κ3) is 1.11. The molecule has 1 amide bonds. The summed E-state index contributed by atoms with van der Waals surface area (Å²) in [4.78, 5) is 11.8. The van der Waals surface area contributed by atoms with Gasteiger partial charge in [0.2, 0.25) is 5.91 Å². The van der Waals surface area contributed by atoms with Crippen molar-refractivity contribution >= 4 is 28.8 Å². The smallest absolute Gasteiger partial charge is 0.231 e. The van der Waals surface area contributed by atoms with Crippen LogP contribution >= 0.6 is 22.9 Å². The van der Waals surface area contributed by atoms with Crippen LogP contribution in [0.1, 0.15) is 38.5 Å². The molecule has 3 saturated carbocycles. The lowest BCUT2D eigenvalue weighted by Crippen LogP contribution is -2.41. The molecule has 4 rings (SSSR count). The lowest BCUT2D eigenvalue weighted by molar-refractivity contribution is -0.123. The number of hydrogen-bond acceptors (Lipinski definition) is 1. The summed E-state index contributed by atoms with van der Waals surface area (Å²) in [6, 6.07) is 0.623. The van der Waals surface area contributed by atoms with Crippen LogP contribution in [0.15, 0.2) is 0 Å². The molecule has 4 aliphatic rings. The van der Waals surface area contributed by atoms with Gasteiger partial charge in [0, 0.05) is 12.5 Å². The van der Waals surface area contributed by atoms with Crippen LogP contribution < -0.4 is 0 Å². The highest BCUT2D eigenvalue weighted by atomic mass is 127. The maximum atomic E-state index is 11.8. The molecule has 0 radical (unpaired) electrons. The SMILES string of the molecule is O=C1CC2C3CC(C4CCCCC34)C2N1I. The van der Waals surface area contributed by atoms with E-state index in [1.807, 2.05) is 0 Å². The lowest BCUT2D eigenvalue weighted by atomic mass is 9.66.